The number of hydrogen-bond donors (Lipinski definition) is 0. The number of esters is 1. The van der Waals surface area contributed by atoms with E-state index >= 15 is 0 Å². The molecule has 190 valence electrons. The number of fused-ring (bicyclic) bond motifs is 1. The highest BCUT2D eigenvalue weighted by atomic mass is 19.4. The molecule has 0 spiro atoms. The quantitative estimate of drug-likeness (QED) is 0.152. The summed E-state index contributed by atoms with van der Waals surface area (Å²) in [6, 6.07) is 17.5. The minimum Gasteiger partial charge on any atom is -0.449 e. The fourth-order valence-corrected chi connectivity index (χ4v) is 3.60. The molecule has 37 heavy (non-hydrogen) atoms. The van der Waals surface area contributed by atoms with Crippen LogP contribution >= 0.6 is 0 Å². The highest BCUT2D eigenvalue weighted by Gasteiger charge is 2.40. The molecule has 0 N–H and O–H groups in total. The Morgan fingerprint density at radius 2 is 1.70 bits per heavy atom. The van der Waals surface area contributed by atoms with Crippen LogP contribution in [0, 0.1) is 6.92 Å². The van der Waals surface area contributed by atoms with Crippen LogP contribution in [-0.4, -0.2) is 5.97 Å². The lowest BCUT2D eigenvalue weighted by Crippen LogP contribution is -2.15. The van der Waals surface area contributed by atoms with E-state index in [1.165, 1.54) is 30.3 Å². The number of carbonyl (C=O) groups is 1. The second-order valence-corrected chi connectivity index (χ2v) is 8.74. The summed E-state index contributed by atoms with van der Waals surface area (Å²) in [6.07, 6.45) is -2.25. The monoisotopic (exact) mass is 508 g/mol. The van der Waals surface area contributed by atoms with Crippen LogP contribution in [0.3, 0.4) is 0 Å². The lowest BCUT2D eigenvalue weighted by molar-refractivity contribution is -0.154. The number of ether oxygens (including phenoxy) is 2. The smallest absolute Gasteiger partial charge is 0.449 e. The molecule has 0 saturated carbocycles. The van der Waals surface area contributed by atoms with Crippen molar-refractivity contribution in [3.8, 4) is 17.2 Å². The normalized spacial score (nSPS) is 11.9. The summed E-state index contributed by atoms with van der Waals surface area (Å²) in [4.78, 5) is 25.2. The van der Waals surface area contributed by atoms with Gasteiger partial charge in [-0.2, -0.15) is 13.2 Å². The molecule has 0 saturated heterocycles. The maximum Gasteiger partial charge on any atom is 0.453 e. The maximum absolute atomic E-state index is 13.8. The molecule has 3 aromatic carbocycles. The van der Waals surface area contributed by atoms with Crippen molar-refractivity contribution < 1.29 is 31.9 Å². The van der Waals surface area contributed by atoms with Crippen molar-refractivity contribution in [3.05, 3.63) is 105 Å². The molecule has 0 aliphatic carbocycles. The van der Waals surface area contributed by atoms with E-state index in [1.54, 1.807) is 25.1 Å². The number of aryl methyl sites for hydroxylation is 1. The van der Waals surface area contributed by atoms with Gasteiger partial charge in [-0.15, -0.1) is 0 Å². The summed E-state index contributed by atoms with van der Waals surface area (Å²) in [5, 5.41) is -0.156. The fourth-order valence-electron chi connectivity index (χ4n) is 3.60. The third kappa shape index (κ3) is 6.09. The van der Waals surface area contributed by atoms with E-state index in [9.17, 15) is 22.8 Å². The van der Waals surface area contributed by atoms with E-state index in [0.29, 0.717) is 5.92 Å². The first-order valence-electron chi connectivity index (χ1n) is 11.4. The van der Waals surface area contributed by atoms with Gasteiger partial charge in [-0.05, 0) is 59.9 Å². The summed E-state index contributed by atoms with van der Waals surface area (Å²) in [6.45, 7) is 5.88. The first-order valence-corrected chi connectivity index (χ1v) is 11.4. The summed E-state index contributed by atoms with van der Waals surface area (Å²) in [7, 11) is 0. The Labute approximate surface area is 210 Å². The molecule has 0 radical (unpaired) electrons. The first kappa shape index (κ1) is 25.8. The Morgan fingerprint density at radius 1 is 0.973 bits per heavy atom. The maximum atomic E-state index is 13.8. The van der Waals surface area contributed by atoms with Crippen molar-refractivity contribution in [1.29, 1.82) is 0 Å². The molecule has 0 amide bonds. The zero-order valence-electron chi connectivity index (χ0n) is 20.3. The molecule has 4 rings (SSSR count). The van der Waals surface area contributed by atoms with E-state index in [2.05, 4.69) is 13.8 Å². The van der Waals surface area contributed by atoms with Crippen LogP contribution in [-0.2, 0) is 11.0 Å². The lowest BCUT2D eigenvalue weighted by atomic mass is 10.0. The number of alkyl halides is 3. The van der Waals surface area contributed by atoms with E-state index in [0.717, 1.165) is 22.8 Å². The number of carbonyl (C=O) groups excluding carboxylic acids is 1. The van der Waals surface area contributed by atoms with Crippen molar-refractivity contribution in [2.24, 2.45) is 0 Å². The van der Waals surface area contributed by atoms with Crippen molar-refractivity contribution in [2.45, 2.75) is 32.9 Å². The van der Waals surface area contributed by atoms with Crippen molar-refractivity contribution in [2.75, 3.05) is 0 Å². The van der Waals surface area contributed by atoms with Crippen LogP contribution in [0.4, 0.5) is 13.2 Å². The highest BCUT2D eigenvalue weighted by molar-refractivity contribution is 5.89. The Balaban J connectivity index is 1.61. The summed E-state index contributed by atoms with van der Waals surface area (Å²) in [5.41, 5.74) is 1.28. The van der Waals surface area contributed by atoms with Gasteiger partial charge in [0.05, 0.1) is 5.39 Å². The van der Waals surface area contributed by atoms with Crippen LogP contribution in [0.1, 0.15) is 42.2 Å². The second kappa shape index (κ2) is 10.3. The average Bonchev–Trinajstić information content (AvgIpc) is 2.84. The number of hydrogen-bond acceptors (Lipinski definition) is 5. The topological polar surface area (TPSA) is 65.7 Å². The molecule has 0 unspecified atom stereocenters. The zero-order chi connectivity index (χ0) is 26.7. The molecular formula is C29H23F3O5. The van der Waals surface area contributed by atoms with Crippen LogP contribution in [0.5, 0.6) is 17.2 Å². The van der Waals surface area contributed by atoms with Gasteiger partial charge in [-0.25, -0.2) is 4.79 Å². The van der Waals surface area contributed by atoms with Gasteiger partial charge in [0, 0.05) is 12.1 Å². The van der Waals surface area contributed by atoms with Gasteiger partial charge in [0.15, 0.2) is 0 Å². The molecule has 0 atom stereocenters. The van der Waals surface area contributed by atoms with Crippen molar-refractivity contribution in [1.82, 2.24) is 0 Å². The van der Waals surface area contributed by atoms with Gasteiger partial charge in [0.1, 0.15) is 17.1 Å². The predicted octanol–water partition coefficient (Wildman–Crippen LogP) is 7.65. The number of halogens is 3. The third-order valence-electron chi connectivity index (χ3n) is 5.52. The van der Waals surface area contributed by atoms with E-state index in [-0.39, 0.29) is 16.9 Å². The van der Waals surface area contributed by atoms with Gasteiger partial charge >= 0.3 is 12.1 Å². The lowest BCUT2D eigenvalue weighted by Gasteiger charge is -2.13. The standard InChI is InChI=1S/C29H23F3O5/c1-17(2)20-10-7-19(8-11-20)9-14-25(33)35-22-12-13-23-24(16-22)37-28(29(30,31)32)27(26(23)34)36-21-6-4-5-18(3)15-21/h4-17H,1-3H3/b14-9+. The second-order valence-electron chi connectivity index (χ2n) is 8.74. The SMILES string of the molecule is Cc1cccc(Oc2c(C(F)(F)F)oc3cc(OC(=O)/C=C/c4ccc(C(C)C)cc4)ccc3c2=O)c1. The molecule has 1 heterocycles. The molecule has 1 aromatic heterocycles. The van der Waals surface area contributed by atoms with Crippen LogP contribution in [0.25, 0.3) is 17.0 Å². The Kier molecular flexibility index (Phi) is 7.20. The summed E-state index contributed by atoms with van der Waals surface area (Å²) in [5.74, 6) is -2.94. The van der Waals surface area contributed by atoms with Crippen LogP contribution < -0.4 is 14.9 Å². The Morgan fingerprint density at radius 3 is 2.35 bits per heavy atom. The van der Waals surface area contributed by atoms with Gasteiger partial charge in [-0.3, -0.25) is 4.79 Å². The average molecular weight is 508 g/mol. The first-order chi connectivity index (χ1) is 17.5. The molecule has 0 aliphatic rings. The Bertz CT molecular complexity index is 1530. The highest BCUT2D eigenvalue weighted by Crippen LogP contribution is 2.38. The Hall–Kier alpha value is -4.33. The molecule has 0 aliphatic heterocycles. The molecule has 5 nitrogen and oxygen atoms in total. The fraction of sp³-hybridized carbons (Fsp3) is 0.172. The number of benzene rings is 3. The molecule has 4 aromatic rings. The minimum atomic E-state index is -5.01. The van der Waals surface area contributed by atoms with Crippen molar-refractivity contribution in [3.63, 3.8) is 0 Å². The van der Waals surface area contributed by atoms with Crippen molar-refractivity contribution >= 4 is 23.0 Å². The van der Waals surface area contributed by atoms with Gasteiger partial charge < -0.3 is 13.9 Å². The van der Waals surface area contributed by atoms with Crippen LogP contribution in [0.2, 0.25) is 0 Å². The molecule has 0 bridgehead atoms. The predicted molar refractivity (Wildman–Crippen MR) is 134 cm³/mol. The summed E-state index contributed by atoms with van der Waals surface area (Å²) < 4.78 is 56.9. The largest absolute Gasteiger partial charge is 0.453 e. The van der Waals surface area contributed by atoms with Gasteiger partial charge in [0.25, 0.3) is 5.76 Å². The van der Waals surface area contributed by atoms with Gasteiger partial charge in [-0.1, -0.05) is 50.2 Å². The van der Waals surface area contributed by atoms with E-state index < -0.39 is 34.7 Å². The molecule has 8 heteroatoms. The van der Waals surface area contributed by atoms with E-state index in [1.807, 2.05) is 24.3 Å². The summed E-state index contributed by atoms with van der Waals surface area (Å²) >= 11 is 0. The van der Waals surface area contributed by atoms with Gasteiger partial charge in [0.2, 0.25) is 11.2 Å². The van der Waals surface area contributed by atoms with Crippen LogP contribution in [0.15, 0.2) is 82.0 Å². The van der Waals surface area contributed by atoms with E-state index in [4.69, 9.17) is 13.9 Å². The third-order valence-corrected chi connectivity index (χ3v) is 5.52. The minimum absolute atomic E-state index is 0.0633. The molecular weight excluding hydrogens is 485 g/mol. The zero-order valence-corrected chi connectivity index (χ0v) is 20.3. The molecule has 0 fully saturated rings. The number of rotatable bonds is 6.